The first-order chi connectivity index (χ1) is 11.6. The molecule has 0 aliphatic carbocycles. The number of rotatable bonds is 2. The number of imide groups is 1. The van der Waals surface area contributed by atoms with E-state index in [1.54, 1.807) is 29.2 Å². The van der Waals surface area contributed by atoms with Crippen molar-refractivity contribution < 1.29 is 14.4 Å². The summed E-state index contributed by atoms with van der Waals surface area (Å²) in [5, 5.41) is 8.90. The summed E-state index contributed by atoms with van der Waals surface area (Å²) in [6.45, 7) is 0.761. The van der Waals surface area contributed by atoms with Crippen molar-refractivity contribution in [2.24, 2.45) is 5.41 Å². The van der Waals surface area contributed by atoms with Crippen molar-refractivity contribution in [2.75, 3.05) is 13.1 Å². The van der Waals surface area contributed by atoms with Gasteiger partial charge in [-0.3, -0.25) is 24.8 Å². The molecule has 1 spiro atoms. The van der Waals surface area contributed by atoms with E-state index in [1.165, 1.54) is 6.33 Å². The third kappa shape index (κ3) is 2.27. The van der Waals surface area contributed by atoms with E-state index < -0.39 is 5.41 Å². The maximum atomic E-state index is 12.6. The monoisotopic (exact) mass is 325 g/mol. The standard InChI is InChI=1S/C16H15N5O3/c22-12-7-16(15(24)19-12)5-6-21(8-16)14(23)11-3-1-10(2-4-11)13-17-9-18-20-13/h1-4,9H,5-8H2,(H,17,18,20)(H,19,22,24)/t16-/m1/s1. The van der Waals surface area contributed by atoms with Gasteiger partial charge >= 0.3 is 0 Å². The van der Waals surface area contributed by atoms with Crippen LogP contribution in [0.1, 0.15) is 23.2 Å². The zero-order chi connectivity index (χ0) is 16.7. The average Bonchev–Trinajstić information content (AvgIpc) is 3.29. The Morgan fingerprint density at radius 3 is 2.62 bits per heavy atom. The number of aromatic amines is 1. The van der Waals surface area contributed by atoms with Crippen LogP contribution in [0.2, 0.25) is 0 Å². The number of hydrogen-bond acceptors (Lipinski definition) is 5. The van der Waals surface area contributed by atoms with Gasteiger partial charge in [0.05, 0.1) is 5.41 Å². The topological polar surface area (TPSA) is 108 Å². The molecule has 0 saturated carbocycles. The number of likely N-dealkylation sites (tertiary alicyclic amines) is 1. The second-order valence-electron chi connectivity index (χ2n) is 6.22. The molecule has 0 radical (unpaired) electrons. The fourth-order valence-electron chi connectivity index (χ4n) is 3.36. The van der Waals surface area contributed by atoms with Crippen molar-refractivity contribution in [3.8, 4) is 11.4 Å². The lowest BCUT2D eigenvalue weighted by Crippen LogP contribution is -2.36. The van der Waals surface area contributed by atoms with Crippen molar-refractivity contribution in [3.05, 3.63) is 36.2 Å². The number of hydrogen-bond donors (Lipinski definition) is 2. The van der Waals surface area contributed by atoms with Crippen molar-refractivity contribution in [1.29, 1.82) is 0 Å². The Balaban J connectivity index is 1.51. The Kier molecular flexibility index (Phi) is 3.19. The summed E-state index contributed by atoms with van der Waals surface area (Å²) in [5.41, 5.74) is 0.634. The van der Waals surface area contributed by atoms with Crippen LogP contribution in [-0.2, 0) is 9.59 Å². The van der Waals surface area contributed by atoms with Crippen molar-refractivity contribution >= 4 is 17.7 Å². The van der Waals surface area contributed by atoms with E-state index in [2.05, 4.69) is 20.5 Å². The van der Waals surface area contributed by atoms with Gasteiger partial charge < -0.3 is 4.90 Å². The minimum Gasteiger partial charge on any atom is -0.338 e. The molecule has 3 amide bonds. The van der Waals surface area contributed by atoms with Gasteiger partial charge in [-0.05, 0) is 18.6 Å². The third-order valence-corrected chi connectivity index (χ3v) is 4.69. The maximum absolute atomic E-state index is 12.6. The molecule has 0 bridgehead atoms. The van der Waals surface area contributed by atoms with E-state index in [9.17, 15) is 14.4 Å². The molecule has 2 aromatic rings. The average molecular weight is 325 g/mol. The highest BCUT2D eigenvalue weighted by atomic mass is 16.2. The van der Waals surface area contributed by atoms with Crippen LogP contribution in [0.4, 0.5) is 0 Å². The summed E-state index contributed by atoms with van der Waals surface area (Å²) in [5.74, 6) is -0.0208. The lowest BCUT2D eigenvalue weighted by molar-refractivity contribution is -0.128. The van der Waals surface area contributed by atoms with Gasteiger partial charge in [-0.25, -0.2) is 4.98 Å². The molecule has 1 aromatic heterocycles. The molecule has 2 aliphatic heterocycles. The van der Waals surface area contributed by atoms with Gasteiger partial charge in [-0.15, -0.1) is 0 Å². The Bertz CT molecular complexity index is 815. The van der Waals surface area contributed by atoms with Gasteiger partial charge in [0.1, 0.15) is 6.33 Å². The normalized spacial score (nSPS) is 23.1. The fraction of sp³-hybridized carbons (Fsp3) is 0.312. The van der Waals surface area contributed by atoms with E-state index >= 15 is 0 Å². The van der Waals surface area contributed by atoms with Crippen LogP contribution in [-0.4, -0.2) is 50.9 Å². The highest BCUT2D eigenvalue weighted by molar-refractivity contribution is 6.06. The van der Waals surface area contributed by atoms with Gasteiger partial charge in [-0.2, -0.15) is 5.10 Å². The van der Waals surface area contributed by atoms with Crippen LogP contribution in [0.5, 0.6) is 0 Å². The SMILES string of the molecule is O=C1C[C@@]2(CCN(C(=O)c3ccc(-c4ncn[nH]4)cc3)C2)C(=O)N1. The number of benzene rings is 1. The van der Waals surface area contributed by atoms with E-state index in [0.29, 0.717) is 24.4 Å². The molecule has 4 rings (SSSR count). The minimum absolute atomic E-state index is 0.136. The predicted molar refractivity (Wildman–Crippen MR) is 82.5 cm³/mol. The third-order valence-electron chi connectivity index (χ3n) is 4.69. The molecule has 24 heavy (non-hydrogen) atoms. The van der Waals surface area contributed by atoms with E-state index in [0.717, 1.165) is 5.56 Å². The second kappa shape index (κ2) is 5.26. The fourth-order valence-corrected chi connectivity index (χ4v) is 3.36. The Hall–Kier alpha value is -3.03. The number of aromatic nitrogens is 3. The summed E-state index contributed by atoms with van der Waals surface area (Å²) in [6.07, 6.45) is 2.11. The van der Waals surface area contributed by atoms with Crippen molar-refractivity contribution in [2.45, 2.75) is 12.8 Å². The highest BCUT2D eigenvalue weighted by Crippen LogP contribution is 2.38. The van der Waals surface area contributed by atoms with Gasteiger partial charge in [-0.1, -0.05) is 12.1 Å². The molecule has 122 valence electrons. The second-order valence-corrected chi connectivity index (χ2v) is 6.22. The molecule has 2 fully saturated rings. The first-order valence-electron chi connectivity index (χ1n) is 7.67. The summed E-state index contributed by atoms with van der Waals surface area (Å²) >= 11 is 0. The lowest BCUT2D eigenvalue weighted by Gasteiger charge is -2.20. The maximum Gasteiger partial charge on any atom is 0.253 e. The van der Waals surface area contributed by atoms with Crippen LogP contribution >= 0.6 is 0 Å². The molecule has 2 saturated heterocycles. The van der Waals surface area contributed by atoms with E-state index in [-0.39, 0.29) is 30.7 Å². The molecule has 8 nitrogen and oxygen atoms in total. The van der Waals surface area contributed by atoms with Crippen LogP contribution in [0, 0.1) is 5.41 Å². The summed E-state index contributed by atoms with van der Waals surface area (Å²) in [7, 11) is 0. The molecule has 1 aromatic carbocycles. The Morgan fingerprint density at radius 1 is 1.21 bits per heavy atom. The van der Waals surface area contributed by atoms with Crippen LogP contribution in [0.25, 0.3) is 11.4 Å². The van der Waals surface area contributed by atoms with Crippen molar-refractivity contribution in [1.82, 2.24) is 25.4 Å². The molecular weight excluding hydrogens is 310 g/mol. The number of carbonyl (C=O) groups is 3. The van der Waals surface area contributed by atoms with E-state index in [4.69, 9.17) is 0 Å². The molecule has 1 atom stereocenters. The van der Waals surface area contributed by atoms with Gasteiger partial charge in [0.2, 0.25) is 11.8 Å². The zero-order valence-corrected chi connectivity index (χ0v) is 12.8. The van der Waals surface area contributed by atoms with Crippen LogP contribution in [0.3, 0.4) is 0 Å². The molecule has 2 aliphatic rings. The lowest BCUT2D eigenvalue weighted by atomic mass is 9.85. The summed E-state index contributed by atoms with van der Waals surface area (Å²) < 4.78 is 0. The quantitative estimate of drug-likeness (QED) is 0.775. The smallest absolute Gasteiger partial charge is 0.253 e. The van der Waals surface area contributed by atoms with Gasteiger partial charge in [0, 0.05) is 30.6 Å². The highest BCUT2D eigenvalue weighted by Gasteiger charge is 2.51. The zero-order valence-electron chi connectivity index (χ0n) is 12.8. The molecule has 8 heteroatoms. The summed E-state index contributed by atoms with van der Waals surface area (Å²) in [4.78, 5) is 41.8. The van der Waals surface area contributed by atoms with Crippen LogP contribution < -0.4 is 5.32 Å². The molecule has 3 heterocycles. The molecule has 2 N–H and O–H groups in total. The molecule has 0 unspecified atom stereocenters. The first-order valence-corrected chi connectivity index (χ1v) is 7.67. The Labute approximate surface area is 137 Å². The van der Waals surface area contributed by atoms with Crippen LogP contribution in [0.15, 0.2) is 30.6 Å². The van der Waals surface area contributed by atoms with Gasteiger partial charge in [0.25, 0.3) is 5.91 Å². The summed E-state index contributed by atoms with van der Waals surface area (Å²) in [6, 6.07) is 7.05. The molecular formula is C16H15N5O3. The number of H-pyrrole nitrogens is 1. The van der Waals surface area contributed by atoms with E-state index in [1.807, 2.05) is 0 Å². The minimum atomic E-state index is -0.744. The first kappa shape index (κ1) is 14.6. The predicted octanol–water partition coefficient (Wildman–Crippen LogP) is 0.350. The number of amides is 3. The largest absolute Gasteiger partial charge is 0.338 e. The number of nitrogens with zero attached hydrogens (tertiary/aromatic N) is 3. The number of carbonyl (C=O) groups excluding carboxylic acids is 3. The Morgan fingerprint density at radius 2 is 2.00 bits per heavy atom. The number of nitrogens with one attached hydrogen (secondary N) is 2. The van der Waals surface area contributed by atoms with Crippen molar-refractivity contribution in [3.63, 3.8) is 0 Å². The van der Waals surface area contributed by atoms with Gasteiger partial charge in [0.15, 0.2) is 5.82 Å².